The number of nitrogens with one attached hydrogen (secondary N) is 1. The molecule has 0 saturated heterocycles. The van der Waals surface area contributed by atoms with Crippen LogP contribution in [0.15, 0.2) is 18.2 Å². The molecular weight excluding hydrogens is 374 g/mol. The van der Waals surface area contributed by atoms with Gasteiger partial charge in [-0.1, -0.05) is 57.4 Å². The summed E-state index contributed by atoms with van der Waals surface area (Å²) in [4.78, 5) is 12.9. The fourth-order valence-corrected chi connectivity index (χ4v) is 4.18. The summed E-state index contributed by atoms with van der Waals surface area (Å²) in [5.74, 6) is 0.693. The molecule has 2 rings (SSSR count). The van der Waals surface area contributed by atoms with Crippen molar-refractivity contribution in [2.75, 3.05) is 18.5 Å². The van der Waals surface area contributed by atoms with Crippen molar-refractivity contribution < 1.29 is 14.3 Å². The van der Waals surface area contributed by atoms with E-state index in [0.29, 0.717) is 35.4 Å². The van der Waals surface area contributed by atoms with Crippen molar-refractivity contribution in [1.29, 1.82) is 0 Å². The van der Waals surface area contributed by atoms with Gasteiger partial charge in [-0.2, -0.15) is 0 Å². The Morgan fingerprint density at radius 3 is 2.07 bits per heavy atom. The minimum Gasteiger partial charge on any atom is -0.493 e. The third kappa shape index (κ3) is 5.22. The first-order valence-corrected chi connectivity index (χ1v) is 10.9. The van der Waals surface area contributed by atoms with Crippen LogP contribution in [0.5, 0.6) is 11.5 Å². The molecule has 154 valence electrons. The normalized spacial score (nSPS) is 11.3. The quantitative estimate of drug-likeness (QED) is 0.546. The topological polar surface area (TPSA) is 73.3 Å². The molecule has 0 aliphatic carbocycles. The van der Waals surface area contributed by atoms with Gasteiger partial charge in [0.2, 0.25) is 5.13 Å². The molecule has 1 heterocycles. The second kappa shape index (κ2) is 10.4. The predicted molar refractivity (Wildman–Crippen MR) is 114 cm³/mol. The van der Waals surface area contributed by atoms with E-state index in [-0.39, 0.29) is 11.3 Å². The molecule has 0 bridgehead atoms. The Balaban J connectivity index is 2.21. The van der Waals surface area contributed by atoms with Crippen LogP contribution >= 0.6 is 11.3 Å². The average molecular weight is 406 g/mol. The number of hydrogen-bond acceptors (Lipinski definition) is 6. The molecule has 0 spiro atoms. The number of amides is 1. The third-order valence-electron chi connectivity index (χ3n) is 5.28. The molecule has 1 N–H and O–H groups in total. The molecule has 0 atom stereocenters. The van der Waals surface area contributed by atoms with Crippen LogP contribution < -0.4 is 14.8 Å². The summed E-state index contributed by atoms with van der Waals surface area (Å²) in [6.45, 7) is 11.4. The van der Waals surface area contributed by atoms with Crippen LogP contribution in [0.25, 0.3) is 0 Å². The molecule has 0 aliphatic heterocycles. The minimum absolute atomic E-state index is 0.241. The average Bonchev–Trinajstić information content (AvgIpc) is 3.13. The van der Waals surface area contributed by atoms with Crippen molar-refractivity contribution in [2.24, 2.45) is 5.41 Å². The molecule has 0 aliphatic rings. The lowest BCUT2D eigenvalue weighted by Gasteiger charge is -2.29. The first kappa shape index (κ1) is 22.1. The van der Waals surface area contributed by atoms with Crippen molar-refractivity contribution in [3.63, 3.8) is 0 Å². The highest BCUT2D eigenvalue weighted by atomic mass is 32.1. The van der Waals surface area contributed by atoms with E-state index in [9.17, 15) is 4.79 Å². The zero-order chi connectivity index (χ0) is 20.6. The number of aromatic nitrogens is 2. The highest BCUT2D eigenvalue weighted by Gasteiger charge is 2.27. The lowest BCUT2D eigenvalue weighted by molar-refractivity contribution is 0.101. The standard InChI is InChI=1S/C21H31N3O3S/c1-6-21(7-2,8-3)14-17-23-24-20(28-17)22-19(25)18-15(26-9-4)12-11-13-16(18)27-10-5/h11-13H,6-10,14H2,1-5H3,(H,22,24,25). The van der Waals surface area contributed by atoms with Crippen molar-refractivity contribution in [3.05, 3.63) is 28.8 Å². The number of anilines is 1. The van der Waals surface area contributed by atoms with Gasteiger partial charge in [-0.05, 0) is 31.4 Å². The number of nitrogens with zero attached hydrogens (tertiary/aromatic N) is 2. The van der Waals surface area contributed by atoms with Crippen LogP contribution in [0.3, 0.4) is 0 Å². The Bertz CT molecular complexity index is 739. The van der Waals surface area contributed by atoms with Gasteiger partial charge in [-0.3, -0.25) is 10.1 Å². The lowest BCUT2D eigenvalue weighted by Crippen LogP contribution is -2.20. The van der Waals surface area contributed by atoms with E-state index in [0.717, 1.165) is 30.7 Å². The fourth-order valence-electron chi connectivity index (χ4n) is 3.27. The van der Waals surface area contributed by atoms with Crippen molar-refractivity contribution in [3.8, 4) is 11.5 Å². The van der Waals surface area contributed by atoms with Gasteiger partial charge in [0.05, 0.1) is 13.2 Å². The maximum atomic E-state index is 12.9. The van der Waals surface area contributed by atoms with Gasteiger partial charge in [0.25, 0.3) is 5.91 Å². The molecule has 6 nitrogen and oxygen atoms in total. The van der Waals surface area contributed by atoms with Crippen molar-refractivity contribution >= 4 is 22.4 Å². The van der Waals surface area contributed by atoms with Crippen LogP contribution in [-0.4, -0.2) is 29.3 Å². The van der Waals surface area contributed by atoms with Gasteiger partial charge in [0.15, 0.2) is 0 Å². The van der Waals surface area contributed by atoms with E-state index < -0.39 is 0 Å². The van der Waals surface area contributed by atoms with Gasteiger partial charge >= 0.3 is 0 Å². The van der Waals surface area contributed by atoms with Crippen LogP contribution in [0, 0.1) is 5.41 Å². The zero-order valence-electron chi connectivity index (χ0n) is 17.5. The van der Waals surface area contributed by atoms with Gasteiger partial charge in [0.1, 0.15) is 22.1 Å². The van der Waals surface area contributed by atoms with E-state index in [1.165, 1.54) is 11.3 Å². The van der Waals surface area contributed by atoms with E-state index in [1.54, 1.807) is 12.1 Å². The van der Waals surface area contributed by atoms with E-state index in [1.807, 2.05) is 19.9 Å². The molecule has 0 saturated carbocycles. The zero-order valence-corrected chi connectivity index (χ0v) is 18.3. The molecule has 28 heavy (non-hydrogen) atoms. The van der Waals surface area contributed by atoms with Crippen LogP contribution in [-0.2, 0) is 6.42 Å². The van der Waals surface area contributed by atoms with Gasteiger partial charge in [-0.25, -0.2) is 0 Å². The minimum atomic E-state index is -0.303. The number of carbonyl (C=O) groups excluding carboxylic acids is 1. The highest BCUT2D eigenvalue weighted by Crippen LogP contribution is 2.36. The summed E-state index contributed by atoms with van der Waals surface area (Å²) < 4.78 is 11.2. The fraction of sp³-hybridized carbons (Fsp3) is 0.571. The summed E-state index contributed by atoms with van der Waals surface area (Å²) in [7, 11) is 0. The number of benzene rings is 1. The van der Waals surface area contributed by atoms with Gasteiger partial charge in [0, 0.05) is 6.42 Å². The molecule has 2 aromatic rings. The molecule has 0 unspecified atom stereocenters. The van der Waals surface area contributed by atoms with Crippen LogP contribution in [0.2, 0.25) is 0 Å². The molecule has 1 amide bonds. The Labute approximate surface area is 171 Å². The van der Waals surface area contributed by atoms with Crippen molar-refractivity contribution in [1.82, 2.24) is 10.2 Å². The summed E-state index contributed by atoms with van der Waals surface area (Å²) in [6.07, 6.45) is 4.17. The number of ether oxygens (including phenoxy) is 2. The van der Waals surface area contributed by atoms with Gasteiger partial charge in [-0.15, -0.1) is 10.2 Å². The van der Waals surface area contributed by atoms with E-state index >= 15 is 0 Å². The predicted octanol–water partition coefficient (Wildman–Crippen LogP) is 5.35. The highest BCUT2D eigenvalue weighted by molar-refractivity contribution is 7.15. The second-order valence-corrected chi connectivity index (χ2v) is 7.75. The smallest absolute Gasteiger partial charge is 0.265 e. The number of carbonyl (C=O) groups is 1. The Hall–Kier alpha value is -2.15. The number of rotatable bonds is 11. The van der Waals surface area contributed by atoms with Crippen molar-refractivity contribution in [2.45, 2.75) is 60.3 Å². The maximum Gasteiger partial charge on any atom is 0.265 e. The third-order valence-corrected chi connectivity index (χ3v) is 6.12. The van der Waals surface area contributed by atoms with Gasteiger partial charge < -0.3 is 9.47 Å². The first-order valence-electron chi connectivity index (χ1n) is 10.0. The molecule has 7 heteroatoms. The second-order valence-electron chi connectivity index (χ2n) is 6.69. The molecule has 0 fully saturated rings. The summed E-state index contributed by atoms with van der Waals surface area (Å²) in [5, 5.41) is 12.8. The molecular formula is C21H31N3O3S. The maximum absolute atomic E-state index is 12.9. The van der Waals surface area contributed by atoms with E-state index in [4.69, 9.17) is 9.47 Å². The number of hydrogen-bond donors (Lipinski definition) is 1. The van der Waals surface area contributed by atoms with Crippen LogP contribution in [0.1, 0.15) is 69.2 Å². The summed E-state index contributed by atoms with van der Waals surface area (Å²) in [5.41, 5.74) is 0.623. The lowest BCUT2D eigenvalue weighted by atomic mass is 9.77. The first-order chi connectivity index (χ1) is 13.5. The largest absolute Gasteiger partial charge is 0.493 e. The van der Waals surface area contributed by atoms with E-state index in [2.05, 4.69) is 36.3 Å². The Morgan fingerprint density at radius 2 is 1.57 bits per heavy atom. The monoisotopic (exact) mass is 405 g/mol. The Morgan fingerprint density at radius 1 is 1.00 bits per heavy atom. The summed E-state index contributed by atoms with van der Waals surface area (Å²) >= 11 is 1.43. The molecule has 1 aromatic carbocycles. The molecule has 0 radical (unpaired) electrons. The Kier molecular flexibility index (Phi) is 8.23. The SMILES string of the molecule is CCOc1cccc(OCC)c1C(=O)Nc1nnc(CC(CC)(CC)CC)s1. The molecule has 1 aromatic heterocycles. The van der Waals surface area contributed by atoms with Crippen LogP contribution in [0.4, 0.5) is 5.13 Å². The summed E-state index contributed by atoms with van der Waals surface area (Å²) in [6, 6.07) is 5.35.